The number of para-hydroxylation sites is 1. The van der Waals surface area contributed by atoms with E-state index in [1.807, 2.05) is 60.7 Å². The average molecular weight is 453 g/mol. The van der Waals surface area contributed by atoms with Crippen LogP contribution in [0.4, 0.5) is 0 Å². The lowest BCUT2D eigenvalue weighted by Crippen LogP contribution is -2.31. The third kappa shape index (κ3) is 3.22. The van der Waals surface area contributed by atoms with Crippen molar-refractivity contribution >= 4 is 39.1 Å². The van der Waals surface area contributed by atoms with E-state index in [1.54, 1.807) is 30.3 Å². The summed E-state index contributed by atoms with van der Waals surface area (Å²) in [7, 11) is 0. The van der Waals surface area contributed by atoms with Crippen molar-refractivity contribution in [3.8, 4) is 5.75 Å². The van der Waals surface area contributed by atoms with Crippen LogP contribution < -0.4 is 10.4 Å². The smallest absolute Gasteiger partial charge is 0.344 e. The Hall–Kier alpha value is -3.89. The van der Waals surface area contributed by atoms with Crippen molar-refractivity contribution in [1.82, 2.24) is 0 Å². The van der Waals surface area contributed by atoms with Crippen LogP contribution in [-0.4, -0.2) is 11.9 Å². The first-order chi connectivity index (χ1) is 16.1. The molecule has 2 heterocycles. The summed E-state index contributed by atoms with van der Waals surface area (Å²) >= 11 is 6.10. The number of carbonyl (C=O) groups excluding carboxylic acids is 1. The maximum atomic E-state index is 13.8. The zero-order valence-corrected chi connectivity index (χ0v) is 18.1. The van der Waals surface area contributed by atoms with E-state index in [9.17, 15) is 9.59 Å². The van der Waals surface area contributed by atoms with Gasteiger partial charge in [0.15, 0.2) is 6.10 Å². The van der Waals surface area contributed by atoms with E-state index in [4.69, 9.17) is 20.8 Å². The van der Waals surface area contributed by atoms with Crippen LogP contribution >= 0.6 is 11.6 Å². The Balaban J connectivity index is 1.54. The molecule has 5 aromatic rings. The highest BCUT2D eigenvalue weighted by Crippen LogP contribution is 2.45. The fourth-order valence-electron chi connectivity index (χ4n) is 4.60. The van der Waals surface area contributed by atoms with E-state index in [2.05, 4.69) is 0 Å². The molecule has 0 saturated heterocycles. The number of hydrogen-bond acceptors (Lipinski definition) is 4. The first-order valence-electron chi connectivity index (χ1n) is 10.6. The maximum absolute atomic E-state index is 13.8. The average Bonchev–Trinajstić information content (AvgIpc) is 3.25. The summed E-state index contributed by atoms with van der Waals surface area (Å²) in [6.07, 6.45) is -0.906. The van der Waals surface area contributed by atoms with Gasteiger partial charge in [0.05, 0.1) is 16.9 Å². The molecule has 2 atom stereocenters. The molecule has 1 aliphatic rings. The Morgan fingerprint density at radius 2 is 1.55 bits per heavy atom. The van der Waals surface area contributed by atoms with Crippen LogP contribution in [0.15, 0.2) is 100 Å². The van der Waals surface area contributed by atoms with E-state index >= 15 is 0 Å². The van der Waals surface area contributed by atoms with E-state index < -0.39 is 17.6 Å². The third-order valence-electron chi connectivity index (χ3n) is 6.18. The van der Waals surface area contributed by atoms with Crippen molar-refractivity contribution in [1.29, 1.82) is 0 Å². The fourth-order valence-corrected chi connectivity index (χ4v) is 4.73. The van der Waals surface area contributed by atoms with E-state index in [0.29, 0.717) is 32.9 Å². The van der Waals surface area contributed by atoms with Gasteiger partial charge in [0, 0.05) is 10.6 Å². The molecule has 0 N–H and O–H groups in total. The summed E-state index contributed by atoms with van der Waals surface area (Å²) in [4.78, 5) is 26.8. The molecule has 0 spiro atoms. The second-order valence-electron chi connectivity index (χ2n) is 8.12. The largest absolute Gasteiger partial charge is 0.480 e. The second kappa shape index (κ2) is 7.61. The van der Waals surface area contributed by atoms with Gasteiger partial charge in [0.25, 0.3) is 0 Å². The van der Waals surface area contributed by atoms with Crippen molar-refractivity contribution in [2.24, 2.45) is 0 Å². The summed E-state index contributed by atoms with van der Waals surface area (Å²) in [6.45, 7) is 0. The molecular formula is C28H17ClO4. The van der Waals surface area contributed by atoms with Crippen LogP contribution in [0.2, 0.25) is 5.02 Å². The van der Waals surface area contributed by atoms with Crippen LogP contribution in [-0.2, 0) is 0 Å². The Labute approximate surface area is 194 Å². The lowest BCUT2D eigenvalue weighted by Gasteiger charge is -2.18. The number of ketones is 1. The minimum absolute atomic E-state index is 0.194. The van der Waals surface area contributed by atoms with Crippen molar-refractivity contribution < 1.29 is 13.9 Å². The predicted octanol–water partition coefficient (Wildman–Crippen LogP) is 6.38. The summed E-state index contributed by atoms with van der Waals surface area (Å²) in [5.74, 6) is -0.404. The minimum Gasteiger partial charge on any atom is -0.480 e. The lowest BCUT2D eigenvalue weighted by atomic mass is 9.85. The van der Waals surface area contributed by atoms with Gasteiger partial charge in [-0.05, 0) is 46.7 Å². The highest BCUT2D eigenvalue weighted by molar-refractivity contribution is 6.30. The summed E-state index contributed by atoms with van der Waals surface area (Å²) in [6, 6.07) is 27.8. The second-order valence-corrected chi connectivity index (χ2v) is 8.56. The van der Waals surface area contributed by atoms with Gasteiger partial charge in [-0.15, -0.1) is 0 Å². The summed E-state index contributed by atoms with van der Waals surface area (Å²) < 4.78 is 11.9. The van der Waals surface area contributed by atoms with E-state index in [0.717, 1.165) is 16.3 Å². The predicted molar refractivity (Wildman–Crippen MR) is 128 cm³/mol. The highest BCUT2D eigenvalue weighted by Gasteiger charge is 2.44. The van der Waals surface area contributed by atoms with Gasteiger partial charge in [0.2, 0.25) is 5.78 Å². The van der Waals surface area contributed by atoms with Crippen molar-refractivity contribution in [3.05, 3.63) is 123 Å². The molecule has 0 fully saturated rings. The van der Waals surface area contributed by atoms with Gasteiger partial charge in [0.1, 0.15) is 11.3 Å². The summed E-state index contributed by atoms with van der Waals surface area (Å²) in [5.41, 5.74) is 1.57. The molecule has 0 radical (unpaired) electrons. The number of ether oxygens (including phenoxy) is 1. The van der Waals surface area contributed by atoms with Crippen LogP contribution in [0.5, 0.6) is 5.75 Å². The maximum Gasteiger partial charge on any atom is 0.344 e. The quantitative estimate of drug-likeness (QED) is 0.235. The number of rotatable bonds is 3. The van der Waals surface area contributed by atoms with Crippen LogP contribution in [0.3, 0.4) is 0 Å². The van der Waals surface area contributed by atoms with Crippen LogP contribution in [0.1, 0.15) is 27.4 Å². The van der Waals surface area contributed by atoms with Crippen LogP contribution in [0.25, 0.3) is 21.7 Å². The van der Waals surface area contributed by atoms with Crippen molar-refractivity contribution in [2.45, 2.75) is 12.0 Å². The number of halogens is 1. The lowest BCUT2D eigenvalue weighted by molar-refractivity contribution is 0.0808. The molecule has 1 aliphatic heterocycles. The minimum atomic E-state index is -0.906. The molecule has 33 heavy (non-hydrogen) atoms. The molecule has 0 saturated carbocycles. The Bertz CT molecular complexity index is 1600. The molecule has 1 aromatic heterocycles. The fraction of sp³-hybridized carbons (Fsp3) is 0.0714. The molecular weight excluding hydrogens is 436 g/mol. The van der Waals surface area contributed by atoms with Gasteiger partial charge in [-0.1, -0.05) is 72.3 Å². The number of carbonyl (C=O) groups is 1. The summed E-state index contributed by atoms with van der Waals surface area (Å²) in [5, 5.41) is 3.25. The number of Topliss-reactive ketones (excluding diaryl/α,β-unsaturated/α-hetero) is 1. The monoisotopic (exact) mass is 452 g/mol. The van der Waals surface area contributed by atoms with Gasteiger partial charge in [-0.25, -0.2) is 4.79 Å². The Morgan fingerprint density at radius 3 is 2.36 bits per heavy atom. The molecule has 0 bridgehead atoms. The van der Waals surface area contributed by atoms with Crippen molar-refractivity contribution in [3.63, 3.8) is 0 Å². The van der Waals surface area contributed by atoms with Crippen LogP contribution in [0, 0.1) is 0 Å². The molecule has 0 aliphatic carbocycles. The SMILES string of the molecule is O=C(c1ccc2ccccc2c1)[C@H]1Oc2c(c(=O)oc3ccccc23)[C@@H]1c1ccc(Cl)cc1. The molecule has 4 aromatic carbocycles. The molecule has 0 unspecified atom stereocenters. The first kappa shape index (κ1) is 19.8. The standard InChI is InChI=1S/C28H17ClO4/c29-20-13-11-17(12-14-20)23-24-26(21-7-3-4-8-22(21)32-28(24)31)33-27(23)25(30)19-10-9-16-5-1-2-6-18(16)15-19/h1-15,23,27H/t23-,27-/m0/s1. The third-order valence-corrected chi connectivity index (χ3v) is 6.43. The topological polar surface area (TPSA) is 56.5 Å². The molecule has 6 rings (SSSR count). The molecule has 5 heteroatoms. The number of fused-ring (bicyclic) bond motifs is 4. The van der Waals surface area contributed by atoms with Gasteiger partial charge >= 0.3 is 5.63 Å². The van der Waals surface area contributed by atoms with Crippen molar-refractivity contribution in [2.75, 3.05) is 0 Å². The number of hydrogen-bond donors (Lipinski definition) is 0. The van der Waals surface area contributed by atoms with Gasteiger partial charge in [-0.2, -0.15) is 0 Å². The van der Waals surface area contributed by atoms with E-state index in [1.165, 1.54) is 0 Å². The Kier molecular flexibility index (Phi) is 4.56. The van der Waals surface area contributed by atoms with E-state index in [-0.39, 0.29) is 5.78 Å². The molecule has 160 valence electrons. The zero-order valence-electron chi connectivity index (χ0n) is 17.3. The molecule has 0 amide bonds. The molecule has 4 nitrogen and oxygen atoms in total. The zero-order chi connectivity index (χ0) is 22.5. The Morgan fingerprint density at radius 1 is 0.818 bits per heavy atom. The normalized spacial score (nSPS) is 17.1. The number of benzene rings is 4. The highest BCUT2D eigenvalue weighted by atomic mass is 35.5. The van der Waals surface area contributed by atoms with Gasteiger partial charge < -0.3 is 9.15 Å². The first-order valence-corrected chi connectivity index (χ1v) is 11.0. The van der Waals surface area contributed by atoms with Gasteiger partial charge in [-0.3, -0.25) is 4.79 Å².